The number of benzene rings is 1. The Morgan fingerprint density at radius 2 is 1.65 bits per heavy atom. The van der Waals surface area contributed by atoms with Crippen LogP contribution >= 0.6 is 15.9 Å². The van der Waals surface area contributed by atoms with Gasteiger partial charge in [-0.15, -0.1) is 0 Å². The molecule has 1 N–H and O–H groups in total. The molecule has 0 bridgehead atoms. The van der Waals surface area contributed by atoms with Crippen molar-refractivity contribution in [2.45, 2.75) is 31.7 Å². The molecule has 2 fully saturated rings. The monoisotopic (exact) mass is 293 g/mol. The fourth-order valence-corrected chi connectivity index (χ4v) is 2.63. The first-order chi connectivity index (χ1) is 8.24. The van der Waals surface area contributed by atoms with Crippen molar-refractivity contribution in [3.05, 3.63) is 34.3 Å². The molecule has 2 aliphatic carbocycles. The fourth-order valence-electron chi connectivity index (χ4n) is 2.37. The molecule has 2 nitrogen and oxygen atoms in total. The van der Waals surface area contributed by atoms with Gasteiger partial charge < -0.3 is 5.32 Å². The van der Waals surface area contributed by atoms with E-state index < -0.39 is 0 Å². The summed E-state index contributed by atoms with van der Waals surface area (Å²) in [6.45, 7) is 0. The van der Waals surface area contributed by atoms with Gasteiger partial charge in [0, 0.05) is 16.1 Å². The molecule has 17 heavy (non-hydrogen) atoms. The van der Waals surface area contributed by atoms with Gasteiger partial charge in [-0.05, 0) is 61.8 Å². The van der Waals surface area contributed by atoms with E-state index in [0.29, 0.717) is 6.04 Å². The third-order valence-corrected chi connectivity index (χ3v) is 4.19. The molecule has 0 heterocycles. The van der Waals surface area contributed by atoms with Gasteiger partial charge in [0.25, 0.3) is 5.91 Å². The number of amides is 1. The standard InChI is InChI=1S/C14H16BrNO/c15-12-7-5-11(6-8-12)14(17)16-13(9-1-2-9)10-3-4-10/h5-10,13H,1-4H2,(H,16,17). The predicted molar refractivity (Wildman–Crippen MR) is 70.8 cm³/mol. The maximum atomic E-state index is 12.1. The van der Waals surface area contributed by atoms with Crippen molar-refractivity contribution in [3.63, 3.8) is 0 Å². The molecule has 1 aromatic rings. The van der Waals surface area contributed by atoms with Gasteiger partial charge in [-0.1, -0.05) is 15.9 Å². The maximum Gasteiger partial charge on any atom is 0.251 e. The van der Waals surface area contributed by atoms with Gasteiger partial charge in [0.15, 0.2) is 0 Å². The first-order valence-electron chi connectivity index (χ1n) is 6.30. The van der Waals surface area contributed by atoms with E-state index in [1.54, 1.807) is 0 Å². The van der Waals surface area contributed by atoms with Gasteiger partial charge in [-0.25, -0.2) is 0 Å². The van der Waals surface area contributed by atoms with E-state index in [1.165, 1.54) is 25.7 Å². The summed E-state index contributed by atoms with van der Waals surface area (Å²) in [7, 11) is 0. The summed E-state index contributed by atoms with van der Waals surface area (Å²) < 4.78 is 1.01. The van der Waals surface area contributed by atoms with Crippen LogP contribution in [0.15, 0.2) is 28.7 Å². The molecule has 1 aromatic carbocycles. The molecule has 2 saturated carbocycles. The Bertz CT molecular complexity index is 408. The molecule has 0 aromatic heterocycles. The van der Waals surface area contributed by atoms with Crippen molar-refractivity contribution >= 4 is 21.8 Å². The molecular weight excluding hydrogens is 278 g/mol. The van der Waals surface area contributed by atoms with Crippen molar-refractivity contribution in [2.75, 3.05) is 0 Å². The Morgan fingerprint density at radius 3 is 2.12 bits per heavy atom. The molecule has 3 heteroatoms. The smallest absolute Gasteiger partial charge is 0.251 e. The van der Waals surface area contributed by atoms with E-state index in [-0.39, 0.29) is 5.91 Å². The lowest BCUT2D eigenvalue weighted by Gasteiger charge is -2.17. The number of hydrogen-bond donors (Lipinski definition) is 1. The van der Waals surface area contributed by atoms with Gasteiger partial charge in [0.1, 0.15) is 0 Å². The molecule has 0 atom stereocenters. The lowest BCUT2D eigenvalue weighted by molar-refractivity contribution is 0.0926. The number of carbonyl (C=O) groups excluding carboxylic acids is 1. The van der Waals surface area contributed by atoms with Crippen LogP contribution in [-0.4, -0.2) is 11.9 Å². The summed E-state index contributed by atoms with van der Waals surface area (Å²) in [5, 5.41) is 3.22. The lowest BCUT2D eigenvalue weighted by atomic mass is 10.1. The van der Waals surface area contributed by atoms with Crippen LogP contribution < -0.4 is 5.32 Å². The minimum absolute atomic E-state index is 0.0845. The lowest BCUT2D eigenvalue weighted by Crippen LogP contribution is -2.38. The number of carbonyl (C=O) groups is 1. The van der Waals surface area contributed by atoms with Crippen molar-refractivity contribution in [3.8, 4) is 0 Å². The van der Waals surface area contributed by atoms with Crippen LogP contribution in [0.5, 0.6) is 0 Å². The zero-order chi connectivity index (χ0) is 11.8. The highest BCUT2D eigenvalue weighted by molar-refractivity contribution is 9.10. The van der Waals surface area contributed by atoms with Crippen LogP contribution in [0.1, 0.15) is 36.0 Å². The summed E-state index contributed by atoms with van der Waals surface area (Å²) >= 11 is 3.38. The number of nitrogens with one attached hydrogen (secondary N) is 1. The molecule has 90 valence electrons. The Morgan fingerprint density at radius 1 is 1.12 bits per heavy atom. The second-order valence-electron chi connectivity index (χ2n) is 5.18. The number of rotatable bonds is 4. The predicted octanol–water partition coefficient (Wildman–Crippen LogP) is 3.37. The SMILES string of the molecule is O=C(NC(C1CC1)C1CC1)c1ccc(Br)cc1. The van der Waals surface area contributed by atoms with Crippen molar-refractivity contribution in [1.29, 1.82) is 0 Å². The number of halogens is 1. The molecule has 0 saturated heterocycles. The largest absolute Gasteiger partial charge is 0.349 e. The third kappa shape index (κ3) is 2.71. The third-order valence-electron chi connectivity index (χ3n) is 3.66. The molecule has 3 rings (SSSR count). The van der Waals surface area contributed by atoms with Crippen LogP contribution in [0.4, 0.5) is 0 Å². The summed E-state index contributed by atoms with van der Waals surface area (Å²) in [6.07, 6.45) is 5.17. The van der Waals surface area contributed by atoms with E-state index in [2.05, 4.69) is 21.2 Å². The Labute approximate surface area is 110 Å². The maximum absolute atomic E-state index is 12.1. The Balaban J connectivity index is 1.67. The van der Waals surface area contributed by atoms with Crippen LogP contribution in [0.25, 0.3) is 0 Å². The van der Waals surface area contributed by atoms with Crippen molar-refractivity contribution in [1.82, 2.24) is 5.32 Å². The zero-order valence-corrected chi connectivity index (χ0v) is 11.2. The molecular formula is C14H16BrNO. The molecule has 0 unspecified atom stereocenters. The topological polar surface area (TPSA) is 29.1 Å². The minimum atomic E-state index is 0.0845. The van der Waals surface area contributed by atoms with Crippen molar-refractivity contribution < 1.29 is 4.79 Å². The first-order valence-corrected chi connectivity index (χ1v) is 7.10. The van der Waals surface area contributed by atoms with E-state index in [4.69, 9.17) is 0 Å². The summed E-state index contributed by atoms with van der Waals surface area (Å²) in [6, 6.07) is 8.01. The molecule has 0 spiro atoms. The highest BCUT2D eigenvalue weighted by Gasteiger charge is 2.42. The van der Waals surface area contributed by atoms with Gasteiger partial charge in [-0.2, -0.15) is 0 Å². The van der Waals surface area contributed by atoms with Gasteiger partial charge in [0.05, 0.1) is 0 Å². The second-order valence-corrected chi connectivity index (χ2v) is 6.10. The highest BCUT2D eigenvalue weighted by Crippen LogP contribution is 2.44. The average Bonchev–Trinajstić information content (AvgIpc) is 3.17. The van der Waals surface area contributed by atoms with Crippen LogP contribution in [0.2, 0.25) is 0 Å². The normalized spacial score (nSPS) is 19.4. The van der Waals surface area contributed by atoms with Crippen molar-refractivity contribution in [2.24, 2.45) is 11.8 Å². The van der Waals surface area contributed by atoms with Crippen LogP contribution in [0, 0.1) is 11.8 Å². The van der Waals surface area contributed by atoms with E-state index in [1.807, 2.05) is 24.3 Å². The summed E-state index contributed by atoms with van der Waals surface area (Å²) in [5.41, 5.74) is 0.763. The Hall–Kier alpha value is -0.830. The van der Waals surface area contributed by atoms with Gasteiger partial charge in [0.2, 0.25) is 0 Å². The molecule has 0 radical (unpaired) electrons. The van der Waals surface area contributed by atoms with Crippen LogP contribution in [-0.2, 0) is 0 Å². The van der Waals surface area contributed by atoms with E-state index in [0.717, 1.165) is 21.9 Å². The second kappa shape index (κ2) is 4.45. The summed E-state index contributed by atoms with van der Waals surface area (Å²) in [5.74, 6) is 1.59. The van der Waals surface area contributed by atoms with E-state index in [9.17, 15) is 4.79 Å². The molecule has 2 aliphatic rings. The quantitative estimate of drug-likeness (QED) is 0.906. The number of hydrogen-bond acceptors (Lipinski definition) is 1. The zero-order valence-electron chi connectivity index (χ0n) is 9.66. The Kier molecular flexibility index (Phi) is 2.95. The first kappa shape index (κ1) is 11.3. The molecule has 0 aliphatic heterocycles. The van der Waals surface area contributed by atoms with Gasteiger partial charge >= 0.3 is 0 Å². The fraction of sp³-hybridized carbons (Fsp3) is 0.500. The van der Waals surface area contributed by atoms with E-state index >= 15 is 0 Å². The summed E-state index contributed by atoms with van der Waals surface area (Å²) in [4.78, 5) is 12.1. The van der Waals surface area contributed by atoms with Crippen LogP contribution in [0.3, 0.4) is 0 Å². The molecule has 1 amide bonds. The highest BCUT2D eigenvalue weighted by atomic mass is 79.9. The minimum Gasteiger partial charge on any atom is -0.349 e. The van der Waals surface area contributed by atoms with Gasteiger partial charge in [-0.3, -0.25) is 4.79 Å². The average molecular weight is 294 g/mol.